The molecule has 0 radical (unpaired) electrons. The molecule has 0 fully saturated rings. The molecule has 0 saturated heterocycles. The van der Waals surface area contributed by atoms with Crippen LogP contribution in [0.15, 0.2) is 60.9 Å². The Balaban J connectivity index is 1.67. The van der Waals surface area contributed by atoms with E-state index in [1.807, 2.05) is 40.4 Å². The number of benzene rings is 2. The predicted octanol–water partition coefficient (Wildman–Crippen LogP) is 3.04. The maximum absolute atomic E-state index is 13.1. The summed E-state index contributed by atoms with van der Waals surface area (Å²) in [5, 5.41) is 10.6. The molecular weight excluding hydrogens is 319 g/mol. The summed E-state index contributed by atoms with van der Waals surface area (Å²) in [4.78, 5) is 8.93. The van der Waals surface area contributed by atoms with Gasteiger partial charge in [0.2, 0.25) is 0 Å². The van der Waals surface area contributed by atoms with Crippen molar-refractivity contribution in [2.45, 2.75) is 12.6 Å². The van der Waals surface area contributed by atoms with Crippen molar-refractivity contribution >= 4 is 11.0 Å². The zero-order chi connectivity index (χ0) is 17.4. The Kier molecular flexibility index (Phi) is 3.82. The van der Waals surface area contributed by atoms with E-state index in [4.69, 9.17) is 0 Å². The van der Waals surface area contributed by atoms with Crippen LogP contribution in [0.4, 0.5) is 4.39 Å². The van der Waals surface area contributed by atoms with E-state index in [-0.39, 0.29) is 5.82 Å². The van der Waals surface area contributed by atoms with Gasteiger partial charge in [-0.3, -0.25) is 0 Å². The second-order valence-corrected chi connectivity index (χ2v) is 5.94. The lowest BCUT2D eigenvalue weighted by Gasteiger charge is -2.13. The molecule has 5 nitrogen and oxygen atoms in total. The van der Waals surface area contributed by atoms with Gasteiger partial charge in [-0.2, -0.15) is 0 Å². The maximum Gasteiger partial charge on any atom is 0.142 e. The monoisotopic (exact) mass is 336 g/mol. The average Bonchev–Trinajstić information content (AvgIpc) is 3.21. The van der Waals surface area contributed by atoms with Gasteiger partial charge in [0, 0.05) is 19.4 Å². The Morgan fingerprint density at radius 3 is 2.64 bits per heavy atom. The van der Waals surface area contributed by atoms with Crippen molar-refractivity contribution in [3.8, 4) is 0 Å². The molecule has 0 amide bonds. The lowest BCUT2D eigenvalue weighted by molar-refractivity contribution is 0.205. The molecule has 0 aliphatic heterocycles. The molecule has 2 heterocycles. The fourth-order valence-corrected chi connectivity index (χ4v) is 2.99. The van der Waals surface area contributed by atoms with E-state index >= 15 is 0 Å². The highest BCUT2D eigenvalue weighted by atomic mass is 19.1. The number of aryl methyl sites for hydroxylation is 1. The highest BCUT2D eigenvalue weighted by Gasteiger charge is 2.18. The Bertz CT molecular complexity index is 1020. The highest BCUT2D eigenvalue weighted by molar-refractivity contribution is 5.75. The zero-order valence-corrected chi connectivity index (χ0v) is 13.7. The van der Waals surface area contributed by atoms with Gasteiger partial charge in [-0.15, -0.1) is 0 Å². The standard InChI is InChI=1S/C19H17FN4O/c1-23-16-5-3-2-4-15(16)22-17(23)12-24-11-10-21-19(24)18(25)13-6-8-14(20)9-7-13/h2-11,18,25H,12H2,1H3. The first-order valence-corrected chi connectivity index (χ1v) is 7.98. The van der Waals surface area contributed by atoms with Crippen LogP contribution in [-0.2, 0) is 13.6 Å². The van der Waals surface area contributed by atoms with Gasteiger partial charge >= 0.3 is 0 Å². The smallest absolute Gasteiger partial charge is 0.142 e. The molecule has 25 heavy (non-hydrogen) atoms. The lowest BCUT2D eigenvalue weighted by atomic mass is 10.1. The van der Waals surface area contributed by atoms with Gasteiger partial charge in [-0.1, -0.05) is 24.3 Å². The Morgan fingerprint density at radius 1 is 1.12 bits per heavy atom. The number of aliphatic hydroxyl groups is 1. The summed E-state index contributed by atoms with van der Waals surface area (Å²) in [6.45, 7) is 0.485. The van der Waals surface area contributed by atoms with E-state index in [9.17, 15) is 9.50 Å². The third-order valence-electron chi connectivity index (χ3n) is 4.37. The van der Waals surface area contributed by atoms with E-state index in [1.54, 1.807) is 24.5 Å². The van der Waals surface area contributed by atoms with Crippen LogP contribution in [0.2, 0.25) is 0 Å². The lowest BCUT2D eigenvalue weighted by Crippen LogP contribution is -2.13. The minimum atomic E-state index is -0.926. The molecule has 1 N–H and O–H groups in total. The van der Waals surface area contributed by atoms with Crippen LogP contribution in [-0.4, -0.2) is 24.2 Å². The van der Waals surface area contributed by atoms with Crippen molar-refractivity contribution in [1.82, 2.24) is 19.1 Å². The fourth-order valence-electron chi connectivity index (χ4n) is 2.99. The number of para-hydroxylation sites is 2. The van der Waals surface area contributed by atoms with E-state index < -0.39 is 6.10 Å². The first-order chi connectivity index (χ1) is 12.1. The summed E-state index contributed by atoms with van der Waals surface area (Å²) in [6, 6.07) is 13.7. The largest absolute Gasteiger partial charge is 0.380 e. The summed E-state index contributed by atoms with van der Waals surface area (Å²) in [6.07, 6.45) is 2.52. The maximum atomic E-state index is 13.1. The van der Waals surface area contributed by atoms with E-state index in [1.165, 1.54) is 12.1 Å². The molecule has 2 aromatic heterocycles. The molecule has 2 aromatic carbocycles. The third-order valence-corrected chi connectivity index (χ3v) is 4.37. The summed E-state index contributed by atoms with van der Waals surface area (Å²) < 4.78 is 17.0. The van der Waals surface area contributed by atoms with E-state index in [2.05, 4.69) is 9.97 Å². The number of aliphatic hydroxyl groups excluding tert-OH is 1. The topological polar surface area (TPSA) is 55.9 Å². The molecule has 1 atom stereocenters. The molecule has 4 aromatic rings. The molecule has 4 rings (SSSR count). The minimum absolute atomic E-state index is 0.334. The van der Waals surface area contributed by atoms with Crippen molar-refractivity contribution in [1.29, 1.82) is 0 Å². The molecule has 0 bridgehead atoms. The number of hydrogen-bond donors (Lipinski definition) is 1. The van der Waals surface area contributed by atoms with Crippen LogP contribution in [0.3, 0.4) is 0 Å². The molecule has 1 unspecified atom stereocenters. The average molecular weight is 336 g/mol. The molecule has 0 aliphatic rings. The first-order valence-electron chi connectivity index (χ1n) is 7.98. The Labute approximate surface area is 144 Å². The highest BCUT2D eigenvalue weighted by Crippen LogP contribution is 2.22. The second kappa shape index (κ2) is 6.14. The van der Waals surface area contributed by atoms with Crippen LogP contribution in [0.25, 0.3) is 11.0 Å². The molecule has 0 spiro atoms. The zero-order valence-electron chi connectivity index (χ0n) is 13.7. The number of aromatic nitrogens is 4. The number of fused-ring (bicyclic) bond motifs is 1. The number of hydrogen-bond acceptors (Lipinski definition) is 3. The minimum Gasteiger partial charge on any atom is -0.380 e. The number of imidazole rings is 2. The van der Waals surface area contributed by atoms with Gasteiger partial charge in [0.05, 0.1) is 17.6 Å². The summed E-state index contributed by atoms with van der Waals surface area (Å²) in [5.41, 5.74) is 2.58. The molecule has 0 saturated carbocycles. The third kappa shape index (κ3) is 2.81. The van der Waals surface area contributed by atoms with Crippen molar-refractivity contribution < 1.29 is 9.50 Å². The SMILES string of the molecule is Cn1c(Cn2ccnc2C(O)c2ccc(F)cc2)nc2ccccc21. The Hall–Kier alpha value is -2.99. The Morgan fingerprint density at radius 2 is 1.88 bits per heavy atom. The molecular formula is C19H17FN4O. The van der Waals surface area contributed by atoms with Crippen LogP contribution in [0.5, 0.6) is 0 Å². The van der Waals surface area contributed by atoms with Crippen LogP contribution < -0.4 is 0 Å². The molecule has 0 aliphatic carbocycles. The van der Waals surface area contributed by atoms with Crippen molar-refractivity contribution in [2.24, 2.45) is 7.05 Å². The number of rotatable bonds is 4. The van der Waals surface area contributed by atoms with Crippen molar-refractivity contribution in [3.05, 3.63) is 84.0 Å². The fraction of sp³-hybridized carbons (Fsp3) is 0.158. The van der Waals surface area contributed by atoms with Gasteiger partial charge in [0.15, 0.2) is 0 Å². The van der Waals surface area contributed by atoms with E-state index in [0.717, 1.165) is 16.9 Å². The van der Waals surface area contributed by atoms with Crippen molar-refractivity contribution in [3.63, 3.8) is 0 Å². The summed E-state index contributed by atoms with van der Waals surface area (Å²) in [5.74, 6) is 1.03. The van der Waals surface area contributed by atoms with Gasteiger partial charge < -0.3 is 14.2 Å². The van der Waals surface area contributed by atoms with Gasteiger partial charge in [-0.25, -0.2) is 14.4 Å². The molecule has 6 heteroatoms. The predicted molar refractivity (Wildman–Crippen MR) is 92.5 cm³/mol. The van der Waals surface area contributed by atoms with Gasteiger partial charge in [-0.05, 0) is 29.8 Å². The quantitative estimate of drug-likeness (QED) is 0.623. The summed E-state index contributed by atoms with van der Waals surface area (Å²) >= 11 is 0. The van der Waals surface area contributed by atoms with Gasteiger partial charge in [0.25, 0.3) is 0 Å². The van der Waals surface area contributed by atoms with E-state index in [0.29, 0.717) is 17.9 Å². The first kappa shape index (κ1) is 15.5. The van der Waals surface area contributed by atoms with Crippen LogP contribution in [0.1, 0.15) is 23.3 Å². The molecule has 126 valence electrons. The van der Waals surface area contributed by atoms with Gasteiger partial charge in [0.1, 0.15) is 23.6 Å². The van der Waals surface area contributed by atoms with Crippen molar-refractivity contribution in [2.75, 3.05) is 0 Å². The number of nitrogens with zero attached hydrogens (tertiary/aromatic N) is 4. The number of halogens is 1. The van der Waals surface area contributed by atoms with Crippen LogP contribution >= 0.6 is 0 Å². The second-order valence-electron chi connectivity index (χ2n) is 5.94. The van der Waals surface area contributed by atoms with Crippen LogP contribution in [0, 0.1) is 5.82 Å². The summed E-state index contributed by atoms with van der Waals surface area (Å²) in [7, 11) is 1.97. The normalized spacial score (nSPS) is 12.6.